The van der Waals surface area contributed by atoms with Gasteiger partial charge in [0.15, 0.2) is 15.6 Å². The van der Waals surface area contributed by atoms with Crippen LogP contribution in [-0.2, 0) is 29.3 Å². The average Bonchev–Trinajstić information content (AvgIpc) is 2.96. The van der Waals surface area contributed by atoms with Crippen LogP contribution in [0.5, 0.6) is 5.75 Å². The Bertz CT molecular complexity index is 1910. The Morgan fingerprint density at radius 2 is 1.61 bits per heavy atom. The summed E-state index contributed by atoms with van der Waals surface area (Å²) in [5.41, 5.74) is 1.99. The maximum absolute atomic E-state index is 13.8. The standard InChI is InChI=1S/C30H25FN4O5S/c1-41(39,40)24-8-4-21(5-9-24)18-35-25-15-22(14-19-2-6-23(31)7-3-19)17-33-27(25)28(36)26(30(35)38)29(37)34-16-20-10-12-32-13-11-20/h2-13,15,17,36H,14,16,18H2,1H3,(H,34,37). The first kappa shape index (κ1) is 27.7. The van der Waals surface area contributed by atoms with Gasteiger partial charge in [0.2, 0.25) is 0 Å². The summed E-state index contributed by atoms with van der Waals surface area (Å²) in [6.07, 6.45) is 6.16. The summed E-state index contributed by atoms with van der Waals surface area (Å²) in [5.74, 6) is -1.68. The second kappa shape index (κ2) is 11.3. The van der Waals surface area contributed by atoms with E-state index in [1.165, 1.54) is 35.0 Å². The van der Waals surface area contributed by atoms with Gasteiger partial charge >= 0.3 is 0 Å². The minimum Gasteiger partial charge on any atom is -0.505 e. The summed E-state index contributed by atoms with van der Waals surface area (Å²) in [4.78, 5) is 35.4. The van der Waals surface area contributed by atoms with Crippen LogP contribution < -0.4 is 10.9 Å². The van der Waals surface area contributed by atoms with Crippen molar-refractivity contribution in [3.05, 3.63) is 129 Å². The third-order valence-corrected chi connectivity index (χ3v) is 7.71. The molecule has 41 heavy (non-hydrogen) atoms. The van der Waals surface area contributed by atoms with Gasteiger partial charge < -0.3 is 15.0 Å². The molecule has 2 N–H and O–H groups in total. The van der Waals surface area contributed by atoms with E-state index in [9.17, 15) is 27.5 Å². The monoisotopic (exact) mass is 572 g/mol. The second-order valence-corrected chi connectivity index (χ2v) is 11.6. The van der Waals surface area contributed by atoms with Crippen molar-refractivity contribution in [1.82, 2.24) is 19.9 Å². The molecule has 0 spiro atoms. The normalized spacial score (nSPS) is 11.5. The maximum Gasteiger partial charge on any atom is 0.268 e. The number of amides is 1. The van der Waals surface area contributed by atoms with Crippen molar-refractivity contribution in [1.29, 1.82) is 0 Å². The van der Waals surface area contributed by atoms with Crippen molar-refractivity contribution >= 4 is 26.8 Å². The summed E-state index contributed by atoms with van der Waals surface area (Å²) >= 11 is 0. The smallest absolute Gasteiger partial charge is 0.268 e. The minimum atomic E-state index is -3.42. The lowest BCUT2D eigenvalue weighted by atomic mass is 10.0. The van der Waals surface area contributed by atoms with Gasteiger partial charge in [-0.2, -0.15) is 0 Å². The number of sulfone groups is 1. The lowest BCUT2D eigenvalue weighted by Gasteiger charge is -2.16. The highest BCUT2D eigenvalue weighted by atomic mass is 32.2. The molecule has 0 saturated heterocycles. The number of hydrogen-bond acceptors (Lipinski definition) is 7. The fourth-order valence-electron chi connectivity index (χ4n) is 4.44. The molecule has 0 aliphatic rings. The van der Waals surface area contributed by atoms with Gasteiger partial charge in [-0.1, -0.05) is 24.3 Å². The van der Waals surface area contributed by atoms with Crippen molar-refractivity contribution in [2.75, 3.05) is 6.26 Å². The van der Waals surface area contributed by atoms with Crippen LogP contribution in [0.15, 0.2) is 95.0 Å². The molecule has 0 aliphatic heterocycles. The first-order valence-corrected chi connectivity index (χ1v) is 14.4. The SMILES string of the molecule is CS(=O)(=O)c1ccc(Cn2c(=O)c(C(=O)NCc3ccncc3)c(O)c3ncc(Cc4ccc(F)cc4)cc32)cc1. The van der Waals surface area contributed by atoms with Crippen LogP contribution in [0.3, 0.4) is 0 Å². The Morgan fingerprint density at radius 1 is 0.951 bits per heavy atom. The van der Waals surface area contributed by atoms with Crippen LogP contribution in [-0.4, -0.2) is 40.2 Å². The van der Waals surface area contributed by atoms with Gasteiger partial charge in [-0.05, 0) is 71.1 Å². The van der Waals surface area contributed by atoms with Crippen LogP contribution in [0.1, 0.15) is 32.6 Å². The van der Waals surface area contributed by atoms with Crippen molar-refractivity contribution in [2.24, 2.45) is 0 Å². The summed E-state index contributed by atoms with van der Waals surface area (Å²) < 4.78 is 38.5. The first-order valence-electron chi connectivity index (χ1n) is 12.5. The van der Waals surface area contributed by atoms with Gasteiger partial charge in [0.1, 0.15) is 16.9 Å². The summed E-state index contributed by atoms with van der Waals surface area (Å²) in [7, 11) is -3.42. The second-order valence-electron chi connectivity index (χ2n) is 9.58. The van der Waals surface area contributed by atoms with E-state index in [1.54, 1.807) is 54.9 Å². The van der Waals surface area contributed by atoms with Gasteiger partial charge in [-0.3, -0.25) is 19.6 Å². The zero-order valence-electron chi connectivity index (χ0n) is 21.9. The molecular formula is C30H25FN4O5S. The zero-order chi connectivity index (χ0) is 29.1. The number of hydrogen-bond donors (Lipinski definition) is 2. The third-order valence-electron chi connectivity index (χ3n) is 6.58. The number of aromatic nitrogens is 3. The number of aromatic hydroxyl groups is 1. The minimum absolute atomic E-state index is 0.0219. The van der Waals surface area contributed by atoms with Gasteiger partial charge in [0.25, 0.3) is 11.5 Å². The molecule has 5 rings (SSSR count). The molecule has 1 amide bonds. The first-order chi connectivity index (χ1) is 19.6. The van der Waals surface area contributed by atoms with Gasteiger partial charge in [-0.15, -0.1) is 0 Å². The molecule has 0 bridgehead atoms. The lowest BCUT2D eigenvalue weighted by Crippen LogP contribution is -2.33. The lowest BCUT2D eigenvalue weighted by molar-refractivity contribution is 0.0946. The van der Waals surface area contributed by atoms with E-state index in [4.69, 9.17) is 0 Å². The van der Waals surface area contributed by atoms with E-state index >= 15 is 0 Å². The fraction of sp³-hybridized carbons (Fsp3) is 0.133. The Kier molecular flexibility index (Phi) is 7.62. The molecule has 208 valence electrons. The number of carbonyl (C=O) groups is 1. The highest BCUT2D eigenvalue weighted by Gasteiger charge is 2.24. The molecule has 0 fully saturated rings. The van der Waals surface area contributed by atoms with Crippen LogP contribution in [0.25, 0.3) is 11.0 Å². The van der Waals surface area contributed by atoms with Crippen molar-refractivity contribution in [3.8, 4) is 5.75 Å². The Hall–Kier alpha value is -4.90. The number of halogens is 1. The van der Waals surface area contributed by atoms with Crippen LogP contribution in [0, 0.1) is 5.82 Å². The van der Waals surface area contributed by atoms with E-state index in [1.807, 2.05) is 0 Å². The van der Waals surface area contributed by atoms with Crippen molar-refractivity contribution < 1.29 is 22.7 Å². The number of nitrogens with one attached hydrogen (secondary N) is 1. The van der Waals surface area contributed by atoms with Crippen molar-refractivity contribution in [3.63, 3.8) is 0 Å². The van der Waals surface area contributed by atoms with E-state index in [2.05, 4.69) is 15.3 Å². The number of benzene rings is 2. The molecule has 9 nitrogen and oxygen atoms in total. The Labute approximate surface area is 234 Å². The van der Waals surface area contributed by atoms with Gasteiger partial charge in [0.05, 0.1) is 17.0 Å². The molecule has 0 saturated carbocycles. The number of fused-ring (bicyclic) bond motifs is 1. The van der Waals surface area contributed by atoms with E-state index in [0.717, 1.165) is 17.4 Å². The third kappa shape index (κ3) is 6.15. The van der Waals surface area contributed by atoms with Gasteiger partial charge in [-0.25, -0.2) is 12.8 Å². The Morgan fingerprint density at radius 3 is 2.27 bits per heavy atom. The highest BCUT2D eigenvalue weighted by Crippen LogP contribution is 2.27. The Balaban J connectivity index is 1.59. The van der Waals surface area contributed by atoms with E-state index in [0.29, 0.717) is 17.5 Å². The topological polar surface area (TPSA) is 131 Å². The molecule has 11 heteroatoms. The van der Waals surface area contributed by atoms with Gasteiger partial charge in [0, 0.05) is 31.4 Å². The molecule has 3 aromatic heterocycles. The predicted octanol–water partition coefficient (Wildman–Crippen LogP) is 3.61. The molecule has 5 aromatic rings. The number of carbonyl (C=O) groups excluding carboxylic acids is 1. The predicted molar refractivity (Wildman–Crippen MR) is 151 cm³/mol. The van der Waals surface area contributed by atoms with Crippen LogP contribution in [0.4, 0.5) is 4.39 Å². The molecule has 3 heterocycles. The molecule has 0 radical (unpaired) electrons. The number of rotatable bonds is 8. The summed E-state index contributed by atoms with van der Waals surface area (Å²) in [5, 5.41) is 13.7. The molecule has 0 atom stereocenters. The number of pyridine rings is 3. The molecular weight excluding hydrogens is 547 g/mol. The maximum atomic E-state index is 13.8. The zero-order valence-corrected chi connectivity index (χ0v) is 22.7. The summed E-state index contributed by atoms with van der Waals surface area (Å²) in [6, 6.07) is 17.2. The quantitative estimate of drug-likeness (QED) is 0.290. The number of nitrogens with zero attached hydrogens (tertiary/aromatic N) is 3. The van der Waals surface area contributed by atoms with Crippen molar-refractivity contribution in [2.45, 2.75) is 24.4 Å². The highest BCUT2D eigenvalue weighted by molar-refractivity contribution is 7.90. The molecule has 2 aromatic carbocycles. The average molecular weight is 573 g/mol. The largest absolute Gasteiger partial charge is 0.505 e. The molecule has 0 unspecified atom stereocenters. The molecule has 0 aliphatic carbocycles. The van der Waals surface area contributed by atoms with E-state index in [-0.39, 0.29) is 34.8 Å². The summed E-state index contributed by atoms with van der Waals surface area (Å²) in [6.45, 7) is 0.0846. The fourth-order valence-corrected chi connectivity index (χ4v) is 5.07. The van der Waals surface area contributed by atoms with Crippen LogP contribution in [0.2, 0.25) is 0 Å². The van der Waals surface area contributed by atoms with Crippen LogP contribution >= 0.6 is 0 Å². The van der Waals surface area contributed by atoms with E-state index < -0.39 is 32.6 Å².